The molecule has 27 nitrogen and oxygen atoms in total. The third kappa shape index (κ3) is 6.66. The van der Waals surface area contributed by atoms with Crippen LogP contribution in [0.15, 0.2) is 48.4 Å². The minimum absolute atomic E-state index is 0.124. The van der Waals surface area contributed by atoms with Gasteiger partial charge < -0.3 is 70.3 Å². The Hall–Kier alpha value is -4.73. The summed E-state index contributed by atoms with van der Waals surface area (Å²) in [6.45, 7) is -2.89. The molecule has 10 N–H and O–H groups in total. The lowest BCUT2D eigenvalue weighted by molar-refractivity contribution is -0.402. The van der Waals surface area contributed by atoms with Crippen molar-refractivity contribution in [1.82, 2.24) is 24.4 Å². The first kappa shape index (κ1) is 39.5. The molecule has 0 radical (unpaired) electrons. The normalized spacial score (nSPS) is 35.9. The van der Waals surface area contributed by atoms with Crippen LogP contribution in [-0.4, -0.2) is 134 Å². The molecule has 2 aromatic rings. The molecule has 5 aliphatic rings. The zero-order valence-corrected chi connectivity index (χ0v) is 29.7. The lowest BCUT2D eigenvalue weighted by Gasteiger charge is -2.43. The van der Waals surface area contributed by atoms with Crippen LogP contribution >= 0.6 is 15.6 Å². The number of carbonyl (C=O) groups is 4. The van der Waals surface area contributed by atoms with Gasteiger partial charge in [-0.2, -0.15) is 4.31 Å². The Labute approximate surface area is 310 Å². The van der Waals surface area contributed by atoms with Crippen LogP contribution < -0.4 is 11.5 Å². The number of nitrogens with two attached hydrogens (primary N) is 2. The van der Waals surface area contributed by atoms with Crippen molar-refractivity contribution < 1.29 is 95.6 Å². The molecule has 3 saturated heterocycles. The summed E-state index contributed by atoms with van der Waals surface area (Å²) in [4.78, 5) is 84.4. The number of carbonyl (C=O) groups excluding carboxylic acids is 4. The molecule has 5 aliphatic heterocycles. The molecular formula is C27H29N7O20P2. The van der Waals surface area contributed by atoms with Gasteiger partial charge in [-0.05, 0) is 6.42 Å². The highest BCUT2D eigenvalue weighted by Gasteiger charge is 2.84. The second-order valence-corrected chi connectivity index (χ2v) is 15.5. The van der Waals surface area contributed by atoms with E-state index in [-0.39, 0.29) is 29.0 Å². The number of phosphoric acid groups is 2. The highest BCUT2D eigenvalue weighted by atomic mass is 31.3. The van der Waals surface area contributed by atoms with E-state index in [9.17, 15) is 58.5 Å². The molecule has 2 bridgehead atoms. The van der Waals surface area contributed by atoms with Crippen molar-refractivity contribution in [3.05, 3.63) is 48.4 Å². The van der Waals surface area contributed by atoms with Crippen molar-refractivity contribution in [3.63, 3.8) is 0 Å². The van der Waals surface area contributed by atoms with E-state index in [1.807, 2.05) is 0 Å². The van der Waals surface area contributed by atoms with E-state index in [1.165, 1.54) is 23.4 Å². The van der Waals surface area contributed by atoms with Crippen molar-refractivity contribution in [2.45, 2.75) is 61.0 Å². The number of rotatable bonds is 11. The van der Waals surface area contributed by atoms with Crippen molar-refractivity contribution in [1.29, 1.82) is 0 Å². The molecule has 0 aliphatic carbocycles. The molecule has 2 unspecified atom stereocenters. The van der Waals surface area contributed by atoms with E-state index >= 15 is 0 Å². The Kier molecular flexibility index (Phi) is 9.69. The summed E-state index contributed by atoms with van der Waals surface area (Å²) in [7, 11) is -11.7. The van der Waals surface area contributed by atoms with Crippen molar-refractivity contribution in [2.75, 3.05) is 18.9 Å². The number of phosphoric ester groups is 2. The number of nitrogen functional groups attached to an aromatic ring is 1. The van der Waals surface area contributed by atoms with Gasteiger partial charge in [0.25, 0.3) is 0 Å². The van der Waals surface area contributed by atoms with Crippen LogP contribution in [0.1, 0.15) is 19.1 Å². The summed E-state index contributed by atoms with van der Waals surface area (Å²) >= 11 is 0. The first-order valence-electron chi connectivity index (χ1n) is 15.7. The first-order chi connectivity index (χ1) is 26.2. The van der Waals surface area contributed by atoms with E-state index in [1.54, 1.807) is 0 Å². The Morgan fingerprint density at radius 2 is 1.77 bits per heavy atom. The zero-order chi connectivity index (χ0) is 40.6. The predicted molar refractivity (Wildman–Crippen MR) is 170 cm³/mol. The summed E-state index contributed by atoms with van der Waals surface area (Å²) in [6, 6.07) is 0. The van der Waals surface area contributed by atoms with Crippen molar-refractivity contribution in [2.24, 2.45) is 5.73 Å². The molecular weight excluding hydrogens is 804 g/mol. The third-order valence-corrected chi connectivity index (χ3v) is 11.4. The monoisotopic (exact) mass is 833 g/mol. The number of primary amides is 1. The van der Waals surface area contributed by atoms with Crippen LogP contribution in [0.2, 0.25) is 0 Å². The predicted octanol–water partition coefficient (Wildman–Crippen LogP) is -3.73. The van der Waals surface area contributed by atoms with Crippen LogP contribution in [0.4, 0.5) is 5.82 Å². The number of hydrogen-bond donors (Lipinski definition) is 8. The molecule has 0 spiro atoms. The van der Waals surface area contributed by atoms with Gasteiger partial charge in [0, 0.05) is 24.0 Å². The fourth-order valence-corrected chi connectivity index (χ4v) is 8.29. The molecule has 302 valence electrons. The Morgan fingerprint density at radius 1 is 1.04 bits per heavy atom. The van der Waals surface area contributed by atoms with Gasteiger partial charge in [0.05, 0.1) is 24.9 Å². The van der Waals surface area contributed by atoms with Crippen LogP contribution in [0.3, 0.4) is 0 Å². The Morgan fingerprint density at radius 3 is 2.50 bits per heavy atom. The van der Waals surface area contributed by atoms with E-state index in [2.05, 4.69) is 19.3 Å². The Balaban J connectivity index is 1.12. The summed E-state index contributed by atoms with van der Waals surface area (Å²) < 4.78 is 67.2. The largest absolute Gasteiger partial charge is 0.481 e. The second kappa shape index (κ2) is 13.7. The topological polar surface area (TPSA) is 397 Å². The SMILES string of the molecule is NC(=O)C1=CN([C@@H]2O[C@H](COP(=O)(O)OP(=O)(O)OC[C@]34OC(=O)/C=C5/CC(=O)O[C@](O)([C@H](n6cnc7c(N)ncnc76)O3)[C@]4(O)OC5=O)[C@@H](O)[C@H]2O)C=CC1. The van der Waals surface area contributed by atoms with Crippen LogP contribution in [0, 0.1) is 0 Å². The van der Waals surface area contributed by atoms with Gasteiger partial charge in [0.1, 0.15) is 36.8 Å². The minimum Gasteiger partial charge on any atom is -0.421 e. The van der Waals surface area contributed by atoms with Gasteiger partial charge in [-0.15, -0.1) is 0 Å². The van der Waals surface area contributed by atoms with Crippen LogP contribution in [0.25, 0.3) is 11.2 Å². The van der Waals surface area contributed by atoms with Crippen LogP contribution in [0.5, 0.6) is 0 Å². The number of aliphatic hydroxyl groups excluding tert-OH is 2. The van der Waals surface area contributed by atoms with Crippen molar-refractivity contribution in [3.8, 4) is 0 Å². The molecule has 2 aromatic heterocycles. The maximum Gasteiger partial charge on any atom is 0.481 e. The molecule has 0 saturated carbocycles. The minimum atomic E-state index is -5.99. The van der Waals surface area contributed by atoms with Gasteiger partial charge >= 0.3 is 50.9 Å². The number of imidazole rings is 1. The van der Waals surface area contributed by atoms with Crippen molar-refractivity contribution >= 4 is 56.4 Å². The van der Waals surface area contributed by atoms with E-state index in [0.29, 0.717) is 6.08 Å². The fraction of sp³-hybridized carbons (Fsp3) is 0.444. The lowest BCUT2D eigenvalue weighted by Crippen LogP contribution is -2.70. The number of anilines is 1. The quantitative estimate of drug-likeness (QED) is 0.0613. The Bertz CT molecular complexity index is 2220. The van der Waals surface area contributed by atoms with Gasteiger partial charge in [0.15, 0.2) is 17.7 Å². The third-order valence-electron chi connectivity index (χ3n) is 8.84. The molecule has 10 atom stereocenters. The average Bonchev–Trinajstić information content (AvgIpc) is 3.71. The van der Waals surface area contributed by atoms with E-state index in [0.717, 1.165) is 17.2 Å². The van der Waals surface area contributed by atoms with Gasteiger partial charge in [-0.1, -0.05) is 6.08 Å². The smallest absolute Gasteiger partial charge is 0.421 e. The van der Waals surface area contributed by atoms with Gasteiger partial charge in [0.2, 0.25) is 12.1 Å². The molecule has 3 fully saturated rings. The van der Waals surface area contributed by atoms with Crippen LogP contribution in [-0.2, 0) is 65.4 Å². The summed E-state index contributed by atoms with van der Waals surface area (Å²) in [5.41, 5.74) is 10.1. The summed E-state index contributed by atoms with van der Waals surface area (Å²) in [5, 5.41) is 44.9. The fourth-order valence-electron chi connectivity index (χ4n) is 6.20. The number of amides is 1. The number of nitrogens with zero attached hydrogens (tertiary/aromatic N) is 5. The van der Waals surface area contributed by atoms with Gasteiger partial charge in [-0.25, -0.2) is 33.7 Å². The molecule has 0 aromatic carbocycles. The molecule has 56 heavy (non-hydrogen) atoms. The number of aromatic nitrogens is 4. The molecule has 7 heterocycles. The molecule has 1 amide bonds. The standard InChI is InChI=1S/C27H29N7O20P2/c28-19-16-21(31-9-30-19)34(10-32-16)24-26(41)27(42)25(53-24,50-14(35)4-12(23(40)52-27)5-15(36)51-26)8-48-56(45,46)54-55(43,44)47-7-13-17(37)18(38)22(49-13)33-3-1-2-11(6-33)20(29)39/h1,3-4,6,9-10,13,17-18,22,24,37-38,41-42H,2,5,7-8H2,(H2,29,39)(H,43,44)(H,45,46)(H2,28,30,31)/b12-4-/t13-,17-,18-,22-,24-,25+,26-,27-/m1/s1. The lowest BCUT2D eigenvalue weighted by atomic mass is 9.96. The molecule has 7 rings (SSSR count). The number of esters is 3. The highest BCUT2D eigenvalue weighted by molar-refractivity contribution is 7.61. The van der Waals surface area contributed by atoms with E-state index in [4.69, 9.17) is 44.2 Å². The highest BCUT2D eigenvalue weighted by Crippen LogP contribution is 2.63. The zero-order valence-electron chi connectivity index (χ0n) is 27.9. The number of hydrogen-bond acceptors (Lipinski definition) is 23. The van der Waals surface area contributed by atoms with Gasteiger partial charge in [-0.3, -0.25) is 23.2 Å². The maximum atomic E-state index is 13.1. The summed E-state index contributed by atoms with van der Waals surface area (Å²) in [5.74, 6) is -16.6. The second-order valence-electron chi connectivity index (χ2n) is 12.5. The average molecular weight is 834 g/mol. The first-order valence-corrected chi connectivity index (χ1v) is 18.7. The maximum absolute atomic E-state index is 13.1. The summed E-state index contributed by atoms with van der Waals surface area (Å²) in [6.07, 6.45) is -3.26. The number of ether oxygens (including phenoxy) is 5. The number of fused-ring (bicyclic) bond motifs is 3. The number of aliphatic hydroxyl groups is 4. The number of allylic oxidation sites excluding steroid dienone is 1. The molecule has 29 heteroatoms. The van der Waals surface area contributed by atoms with E-state index < -0.39 is 113 Å².